The Kier molecular flexibility index (Phi) is 6.48. The predicted octanol–water partition coefficient (Wildman–Crippen LogP) is 12.8. The smallest absolute Gasteiger partial charge is 0.137 e. The fourth-order valence-electron chi connectivity index (χ4n) is 8.01. The monoisotopic (exact) mass is 715 g/mol. The highest BCUT2D eigenvalue weighted by atomic mass is 15.4. The molecule has 0 spiro atoms. The number of hydrogen-bond donors (Lipinski definition) is 0. The predicted molar refractivity (Wildman–Crippen MR) is 231 cm³/mol. The van der Waals surface area contributed by atoms with Gasteiger partial charge in [0.1, 0.15) is 5.82 Å². The zero-order valence-electron chi connectivity index (χ0n) is 35.8. The summed E-state index contributed by atoms with van der Waals surface area (Å²) in [7, 11) is 0. The summed E-state index contributed by atoms with van der Waals surface area (Å²) in [5.41, 5.74) is 11.0. The normalized spacial score (nSPS) is 14.5. The Labute approximate surface area is 330 Å². The van der Waals surface area contributed by atoms with Crippen molar-refractivity contribution in [3.05, 3.63) is 194 Å². The van der Waals surface area contributed by atoms with Gasteiger partial charge in [-0.25, -0.2) is 4.98 Å². The van der Waals surface area contributed by atoms with E-state index in [0.717, 1.165) is 72.5 Å². The molecule has 5 heteroatoms. The first-order valence-electron chi connectivity index (χ1n) is 21.3. The molecule has 1 aliphatic heterocycles. The van der Waals surface area contributed by atoms with Gasteiger partial charge in [0.2, 0.25) is 0 Å². The SMILES string of the molecule is [2H]C([2H])([2H])c1ccnc(-n2c3ccccc3c3ccc(N(c4cccc(N5CN(C([2H])([2H])[2H])c6ccccc65)c4)c4c(-c5ccccc5)cccc4-c4ccccc4)cc32)c1. The summed E-state index contributed by atoms with van der Waals surface area (Å²) in [6, 6.07) is 60.7. The molecule has 0 fully saturated rings. The van der Waals surface area contributed by atoms with E-state index < -0.39 is 13.8 Å². The molecule has 0 saturated heterocycles. The van der Waals surface area contributed by atoms with Crippen LogP contribution in [0.5, 0.6) is 0 Å². The molecule has 2 aromatic heterocycles. The Morgan fingerprint density at radius 2 is 1.24 bits per heavy atom. The second-order valence-electron chi connectivity index (χ2n) is 13.7. The van der Waals surface area contributed by atoms with Gasteiger partial charge in [-0.05, 0) is 84.2 Å². The van der Waals surface area contributed by atoms with Crippen LogP contribution in [0.25, 0.3) is 49.9 Å². The van der Waals surface area contributed by atoms with Crippen LogP contribution in [-0.4, -0.2) is 23.2 Å². The van der Waals surface area contributed by atoms with E-state index in [4.69, 9.17) is 13.2 Å². The van der Waals surface area contributed by atoms with Crippen LogP contribution in [0.1, 0.15) is 13.8 Å². The molecular weight excluding hydrogens is 671 g/mol. The van der Waals surface area contributed by atoms with Crippen molar-refractivity contribution in [3.8, 4) is 28.1 Å². The highest BCUT2D eigenvalue weighted by Crippen LogP contribution is 2.49. The molecule has 0 atom stereocenters. The number of para-hydroxylation sites is 4. The maximum Gasteiger partial charge on any atom is 0.137 e. The molecule has 55 heavy (non-hydrogen) atoms. The van der Waals surface area contributed by atoms with Gasteiger partial charge in [0.15, 0.2) is 0 Å². The molecule has 5 nitrogen and oxygen atoms in total. The van der Waals surface area contributed by atoms with E-state index >= 15 is 0 Å². The van der Waals surface area contributed by atoms with Crippen molar-refractivity contribution >= 4 is 55.9 Å². The summed E-state index contributed by atoms with van der Waals surface area (Å²) in [4.78, 5) is 10.5. The number of nitrogens with zero attached hydrogens (tertiary/aromatic N) is 5. The lowest BCUT2D eigenvalue weighted by Gasteiger charge is -2.31. The molecule has 0 radical (unpaired) electrons. The van der Waals surface area contributed by atoms with Crippen LogP contribution in [0.2, 0.25) is 0 Å². The van der Waals surface area contributed by atoms with Crippen LogP contribution in [0, 0.1) is 6.85 Å². The number of anilines is 6. The summed E-state index contributed by atoms with van der Waals surface area (Å²) in [6.45, 7) is -4.49. The summed E-state index contributed by atoms with van der Waals surface area (Å²) in [6.07, 6.45) is 1.56. The largest absolute Gasteiger partial charge is 0.355 e. The van der Waals surface area contributed by atoms with Crippen molar-refractivity contribution in [2.75, 3.05) is 28.3 Å². The average Bonchev–Trinajstić information content (AvgIpc) is 3.84. The third-order valence-corrected chi connectivity index (χ3v) is 10.5. The van der Waals surface area contributed by atoms with Crippen LogP contribution in [0.4, 0.5) is 34.1 Å². The number of fused-ring (bicyclic) bond motifs is 4. The van der Waals surface area contributed by atoms with Gasteiger partial charge < -0.3 is 14.7 Å². The molecule has 3 heterocycles. The van der Waals surface area contributed by atoms with Gasteiger partial charge in [0.05, 0.1) is 34.8 Å². The Morgan fingerprint density at radius 1 is 0.564 bits per heavy atom. The molecule has 0 bridgehead atoms. The summed E-state index contributed by atoms with van der Waals surface area (Å²) < 4.78 is 51.8. The molecule has 0 saturated carbocycles. The van der Waals surface area contributed by atoms with Gasteiger partial charge in [-0.2, -0.15) is 0 Å². The highest BCUT2D eigenvalue weighted by Gasteiger charge is 2.27. The summed E-state index contributed by atoms with van der Waals surface area (Å²) in [5, 5.41) is 2.01. The molecule has 7 aromatic carbocycles. The van der Waals surface area contributed by atoms with Crippen molar-refractivity contribution in [2.45, 2.75) is 6.85 Å². The van der Waals surface area contributed by atoms with Crippen molar-refractivity contribution < 1.29 is 8.22 Å². The van der Waals surface area contributed by atoms with E-state index in [9.17, 15) is 0 Å². The second-order valence-corrected chi connectivity index (χ2v) is 13.7. The number of aromatic nitrogens is 2. The van der Waals surface area contributed by atoms with Crippen LogP contribution < -0.4 is 14.7 Å². The van der Waals surface area contributed by atoms with Crippen LogP contribution in [0.15, 0.2) is 188 Å². The van der Waals surface area contributed by atoms with Crippen molar-refractivity contribution in [1.29, 1.82) is 0 Å². The molecule has 10 rings (SSSR count). The lowest BCUT2D eigenvalue weighted by molar-refractivity contribution is 0.949. The maximum absolute atomic E-state index is 8.38. The molecule has 264 valence electrons. The van der Waals surface area contributed by atoms with Crippen LogP contribution in [-0.2, 0) is 0 Å². The molecule has 0 amide bonds. The van der Waals surface area contributed by atoms with E-state index in [1.54, 1.807) is 18.3 Å². The van der Waals surface area contributed by atoms with E-state index in [1.165, 1.54) is 4.90 Å². The highest BCUT2D eigenvalue weighted by molar-refractivity contribution is 6.11. The average molecular weight is 716 g/mol. The Hall–Kier alpha value is -7.11. The zero-order valence-corrected chi connectivity index (χ0v) is 29.8. The van der Waals surface area contributed by atoms with Gasteiger partial charge >= 0.3 is 0 Å². The first-order chi connectivity index (χ1) is 29.5. The van der Waals surface area contributed by atoms with Crippen molar-refractivity contribution in [3.63, 3.8) is 0 Å². The fourth-order valence-corrected chi connectivity index (χ4v) is 8.01. The van der Waals surface area contributed by atoms with Crippen molar-refractivity contribution in [2.24, 2.45) is 0 Å². The van der Waals surface area contributed by atoms with Gasteiger partial charge in [0.25, 0.3) is 0 Å². The molecule has 1 aliphatic rings. The van der Waals surface area contributed by atoms with E-state index in [-0.39, 0.29) is 12.2 Å². The zero-order chi connectivity index (χ0) is 41.9. The number of rotatable bonds is 7. The first-order valence-corrected chi connectivity index (χ1v) is 18.3. The summed E-state index contributed by atoms with van der Waals surface area (Å²) in [5.74, 6) is 0.506. The third kappa shape index (κ3) is 5.60. The summed E-state index contributed by atoms with van der Waals surface area (Å²) >= 11 is 0. The third-order valence-electron chi connectivity index (χ3n) is 10.5. The van der Waals surface area contributed by atoms with Crippen LogP contribution in [0.3, 0.4) is 0 Å². The Morgan fingerprint density at radius 3 is 2.00 bits per heavy atom. The van der Waals surface area contributed by atoms with E-state index in [2.05, 4.69) is 88.7 Å². The quantitative estimate of drug-likeness (QED) is 0.164. The minimum atomic E-state index is -2.33. The van der Waals surface area contributed by atoms with Gasteiger partial charge in [-0.15, -0.1) is 0 Å². The fraction of sp³-hybridized carbons (Fsp3) is 0.0600. The Balaban J connectivity index is 1.26. The standard InChI is InChI=1S/C50H39N5/c1-35-29-30-51-49(31-35)55-45-24-10-9-21-43(45)44-28-27-40(33-48(44)55)54(39-20-13-19-38(32-39)53-34-52(2)46-25-11-12-26-47(46)53)50-41(36-15-5-3-6-16-36)22-14-23-42(50)37-17-7-4-8-18-37/h3-33H,34H2,1-2H3/i1D3,2D3. The van der Waals surface area contributed by atoms with E-state index in [1.807, 2.05) is 95.6 Å². The molecule has 0 unspecified atom stereocenters. The maximum atomic E-state index is 8.38. The Bertz CT molecular complexity index is 3010. The molecule has 0 N–H and O–H groups in total. The number of aryl methyl sites for hydroxylation is 1. The molecule has 0 aliphatic carbocycles. The first kappa shape index (κ1) is 26.6. The number of hydrogen-bond acceptors (Lipinski definition) is 4. The van der Waals surface area contributed by atoms with E-state index in [0.29, 0.717) is 11.5 Å². The minimum absolute atomic E-state index is 0.156. The van der Waals surface area contributed by atoms with Crippen molar-refractivity contribution in [1.82, 2.24) is 9.55 Å². The number of benzene rings is 7. The minimum Gasteiger partial charge on any atom is -0.355 e. The molecule has 9 aromatic rings. The lowest BCUT2D eigenvalue weighted by atomic mass is 9.94. The second kappa shape index (κ2) is 13.4. The van der Waals surface area contributed by atoms with Gasteiger partial charge in [-0.1, -0.05) is 121 Å². The topological polar surface area (TPSA) is 27.5 Å². The molecular formula is C50H39N5. The van der Waals surface area contributed by atoms with Gasteiger partial charge in [0, 0.05) is 60.4 Å². The van der Waals surface area contributed by atoms with Gasteiger partial charge in [-0.3, -0.25) is 4.57 Å². The lowest BCUT2D eigenvalue weighted by Crippen LogP contribution is -2.24. The van der Waals surface area contributed by atoms with Crippen LogP contribution >= 0.6 is 0 Å². The number of pyridine rings is 1.